The highest BCUT2D eigenvalue weighted by Crippen LogP contribution is 2.32. The zero-order valence-corrected chi connectivity index (χ0v) is 10.7. The Bertz CT molecular complexity index is 307. The first kappa shape index (κ1) is 11.1. The van der Waals surface area contributed by atoms with Gasteiger partial charge >= 0.3 is 0 Å². The number of fused-ring (bicyclic) bond motifs is 1. The van der Waals surface area contributed by atoms with Crippen LogP contribution in [0.15, 0.2) is 6.07 Å². The van der Waals surface area contributed by atoms with Crippen molar-refractivity contribution < 1.29 is 0 Å². The van der Waals surface area contributed by atoms with Crippen LogP contribution in [0.4, 0.5) is 0 Å². The number of hydrogen-bond donors (Lipinski definition) is 1. The van der Waals surface area contributed by atoms with Crippen molar-refractivity contribution in [1.82, 2.24) is 10.4 Å². The van der Waals surface area contributed by atoms with Crippen LogP contribution in [0.1, 0.15) is 41.1 Å². The summed E-state index contributed by atoms with van der Waals surface area (Å²) in [6, 6.07) is 2.84. The summed E-state index contributed by atoms with van der Waals surface area (Å²) in [5.74, 6) is 0. The maximum atomic E-state index is 3.41. The van der Waals surface area contributed by atoms with Crippen LogP contribution in [0.25, 0.3) is 0 Å². The molecular weight excluding hydrogens is 204 g/mol. The first-order chi connectivity index (χ1) is 7.16. The van der Waals surface area contributed by atoms with Gasteiger partial charge in [0, 0.05) is 23.8 Å². The average molecular weight is 224 g/mol. The third-order valence-corrected chi connectivity index (χ3v) is 4.31. The molecule has 0 radical (unpaired) electrons. The highest BCUT2D eigenvalue weighted by molar-refractivity contribution is 7.12. The third-order valence-electron chi connectivity index (χ3n) is 2.89. The minimum atomic E-state index is 0.440. The van der Waals surface area contributed by atoms with E-state index in [0.717, 1.165) is 0 Å². The van der Waals surface area contributed by atoms with Gasteiger partial charge in [-0.3, -0.25) is 5.01 Å². The van der Waals surface area contributed by atoms with Crippen LogP contribution in [-0.4, -0.2) is 19.1 Å². The molecule has 0 bridgehead atoms. The molecule has 1 aliphatic rings. The molecule has 3 heteroatoms. The van der Waals surface area contributed by atoms with E-state index >= 15 is 0 Å². The summed E-state index contributed by atoms with van der Waals surface area (Å²) in [7, 11) is 4.09. The van der Waals surface area contributed by atoms with Crippen molar-refractivity contribution in [3.05, 3.63) is 21.4 Å². The predicted molar refractivity (Wildman–Crippen MR) is 66.2 cm³/mol. The predicted octanol–water partition coefficient (Wildman–Crippen LogP) is 2.75. The molecule has 1 aliphatic carbocycles. The van der Waals surface area contributed by atoms with E-state index < -0.39 is 0 Å². The lowest BCUT2D eigenvalue weighted by Gasteiger charge is -2.17. The van der Waals surface area contributed by atoms with Gasteiger partial charge < -0.3 is 0 Å². The van der Waals surface area contributed by atoms with Gasteiger partial charge in [-0.1, -0.05) is 0 Å². The zero-order valence-electron chi connectivity index (χ0n) is 9.84. The largest absolute Gasteiger partial charge is 0.250 e. The Kier molecular flexibility index (Phi) is 3.44. The normalized spacial score (nSPS) is 17.9. The molecule has 0 saturated carbocycles. The summed E-state index contributed by atoms with van der Waals surface area (Å²) >= 11 is 2.00. The monoisotopic (exact) mass is 224 g/mol. The molecule has 1 aromatic heterocycles. The van der Waals surface area contributed by atoms with Gasteiger partial charge in [-0.15, -0.1) is 11.3 Å². The quantitative estimate of drug-likeness (QED) is 0.794. The molecule has 2 nitrogen and oxygen atoms in total. The molecule has 84 valence electrons. The number of nitrogens with zero attached hydrogens (tertiary/aromatic N) is 1. The second-order valence-corrected chi connectivity index (χ2v) is 5.72. The summed E-state index contributed by atoms with van der Waals surface area (Å²) in [5.41, 5.74) is 5.02. The highest BCUT2D eigenvalue weighted by Gasteiger charge is 2.16. The van der Waals surface area contributed by atoms with Crippen LogP contribution in [0.2, 0.25) is 0 Å². The lowest BCUT2D eigenvalue weighted by Crippen LogP contribution is -2.32. The zero-order chi connectivity index (χ0) is 10.8. The SMILES string of the molecule is CC(NN(C)C)c1cc2c(s1)CCCC2. The van der Waals surface area contributed by atoms with E-state index in [9.17, 15) is 0 Å². The van der Waals surface area contributed by atoms with E-state index in [2.05, 4.69) is 18.4 Å². The fourth-order valence-corrected chi connectivity index (χ4v) is 3.43. The van der Waals surface area contributed by atoms with E-state index in [1.807, 2.05) is 30.4 Å². The summed E-state index contributed by atoms with van der Waals surface area (Å²) in [4.78, 5) is 3.11. The number of thiophene rings is 1. The number of hydrogen-bond acceptors (Lipinski definition) is 3. The van der Waals surface area contributed by atoms with E-state index in [1.54, 1.807) is 10.4 Å². The number of nitrogens with one attached hydrogen (secondary N) is 1. The van der Waals surface area contributed by atoms with E-state index in [0.29, 0.717) is 6.04 Å². The van der Waals surface area contributed by atoms with Crippen molar-refractivity contribution in [1.29, 1.82) is 0 Å². The van der Waals surface area contributed by atoms with Gasteiger partial charge in [0.25, 0.3) is 0 Å². The number of aryl methyl sites for hydroxylation is 2. The van der Waals surface area contributed by atoms with Crippen LogP contribution >= 0.6 is 11.3 Å². The fraction of sp³-hybridized carbons (Fsp3) is 0.667. The molecular formula is C12H20N2S. The molecule has 0 aromatic carbocycles. The van der Waals surface area contributed by atoms with Crippen molar-refractivity contribution >= 4 is 11.3 Å². The first-order valence-corrected chi connectivity index (χ1v) is 6.53. The van der Waals surface area contributed by atoms with E-state index in [4.69, 9.17) is 0 Å². The standard InChI is InChI=1S/C12H20N2S/c1-9(13-14(2)3)12-8-10-6-4-5-7-11(10)15-12/h8-9,13H,4-7H2,1-3H3. The summed E-state index contributed by atoms with van der Waals surface area (Å²) in [6.45, 7) is 2.23. The molecule has 0 amide bonds. The molecule has 1 N–H and O–H groups in total. The first-order valence-electron chi connectivity index (χ1n) is 5.72. The van der Waals surface area contributed by atoms with Gasteiger partial charge in [-0.2, -0.15) is 0 Å². The summed E-state index contributed by atoms with van der Waals surface area (Å²) < 4.78 is 0. The second kappa shape index (κ2) is 4.64. The molecule has 0 saturated heterocycles. The van der Waals surface area contributed by atoms with Crippen molar-refractivity contribution in [2.24, 2.45) is 0 Å². The summed E-state index contributed by atoms with van der Waals surface area (Å²) in [6.07, 6.45) is 5.34. The Balaban J connectivity index is 2.11. The van der Waals surface area contributed by atoms with Crippen LogP contribution < -0.4 is 5.43 Å². The van der Waals surface area contributed by atoms with Crippen LogP contribution in [0.3, 0.4) is 0 Å². The molecule has 1 aromatic rings. The molecule has 0 fully saturated rings. The number of hydrazine groups is 1. The van der Waals surface area contributed by atoms with Crippen LogP contribution in [-0.2, 0) is 12.8 Å². The molecule has 0 spiro atoms. The molecule has 1 heterocycles. The Hall–Kier alpha value is -0.380. The lowest BCUT2D eigenvalue weighted by atomic mass is 9.99. The van der Waals surface area contributed by atoms with Crippen molar-refractivity contribution in [3.63, 3.8) is 0 Å². The Labute approximate surface area is 96.3 Å². The van der Waals surface area contributed by atoms with Gasteiger partial charge in [0.2, 0.25) is 0 Å². The average Bonchev–Trinajstić information content (AvgIpc) is 2.59. The molecule has 1 atom stereocenters. The van der Waals surface area contributed by atoms with Crippen LogP contribution in [0, 0.1) is 0 Å². The maximum Gasteiger partial charge on any atom is 0.0529 e. The van der Waals surface area contributed by atoms with E-state index in [-0.39, 0.29) is 0 Å². The second-order valence-electron chi connectivity index (χ2n) is 4.55. The smallest absolute Gasteiger partial charge is 0.0529 e. The van der Waals surface area contributed by atoms with E-state index in [1.165, 1.54) is 30.6 Å². The number of rotatable bonds is 3. The van der Waals surface area contributed by atoms with Gasteiger partial charge in [-0.05, 0) is 44.2 Å². The van der Waals surface area contributed by atoms with Crippen LogP contribution in [0.5, 0.6) is 0 Å². The third kappa shape index (κ3) is 2.60. The van der Waals surface area contributed by atoms with Gasteiger partial charge in [-0.25, -0.2) is 5.43 Å². The van der Waals surface area contributed by atoms with Crippen molar-refractivity contribution in [3.8, 4) is 0 Å². The maximum absolute atomic E-state index is 3.41. The highest BCUT2D eigenvalue weighted by atomic mass is 32.1. The van der Waals surface area contributed by atoms with Crippen molar-refractivity contribution in [2.45, 2.75) is 38.6 Å². The minimum Gasteiger partial charge on any atom is -0.250 e. The fourth-order valence-electron chi connectivity index (χ4n) is 2.18. The Morgan fingerprint density at radius 3 is 2.73 bits per heavy atom. The van der Waals surface area contributed by atoms with Gasteiger partial charge in [0.05, 0.1) is 6.04 Å². The molecule has 1 unspecified atom stereocenters. The topological polar surface area (TPSA) is 15.3 Å². The Morgan fingerprint density at radius 2 is 2.07 bits per heavy atom. The molecule has 2 rings (SSSR count). The summed E-state index contributed by atoms with van der Waals surface area (Å²) in [5, 5.41) is 2.03. The lowest BCUT2D eigenvalue weighted by molar-refractivity contribution is 0.254. The molecule has 0 aliphatic heterocycles. The van der Waals surface area contributed by atoms with Crippen molar-refractivity contribution in [2.75, 3.05) is 14.1 Å². The molecule has 15 heavy (non-hydrogen) atoms. The van der Waals surface area contributed by atoms with Gasteiger partial charge in [0.15, 0.2) is 0 Å². The van der Waals surface area contributed by atoms with Gasteiger partial charge in [0.1, 0.15) is 0 Å². The minimum absolute atomic E-state index is 0.440. The Morgan fingerprint density at radius 1 is 1.33 bits per heavy atom.